The molecule has 0 unspecified atom stereocenters. The summed E-state index contributed by atoms with van der Waals surface area (Å²) in [6.07, 6.45) is 15.7. The average Bonchev–Trinajstić information content (AvgIpc) is 3.51. The molecule has 1 saturated carbocycles. The van der Waals surface area contributed by atoms with Crippen molar-refractivity contribution in [3.63, 3.8) is 0 Å². The van der Waals surface area contributed by atoms with Crippen LogP contribution in [0, 0.1) is 0 Å². The molecule has 2 aromatic heterocycles. The highest BCUT2D eigenvalue weighted by atomic mass is 32.1. The zero-order valence-electron chi connectivity index (χ0n) is 16.9. The van der Waals surface area contributed by atoms with E-state index in [9.17, 15) is 0 Å². The molecule has 0 bridgehead atoms. The number of rotatable bonds is 5. The fourth-order valence-electron chi connectivity index (χ4n) is 5.18. The van der Waals surface area contributed by atoms with Crippen LogP contribution in [0.5, 0.6) is 0 Å². The van der Waals surface area contributed by atoms with Crippen LogP contribution >= 0.6 is 12.2 Å². The summed E-state index contributed by atoms with van der Waals surface area (Å²) >= 11 is 5.79. The largest absolute Gasteiger partial charge is 0.376 e. The molecular weight excluding hydrogens is 380 g/mol. The van der Waals surface area contributed by atoms with Gasteiger partial charge in [-0.2, -0.15) is 0 Å². The lowest BCUT2D eigenvalue weighted by Gasteiger charge is -2.29. The summed E-state index contributed by atoms with van der Waals surface area (Å²) in [5.41, 5.74) is 2.36. The van der Waals surface area contributed by atoms with E-state index in [0.29, 0.717) is 6.04 Å². The van der Waals surface area contributed by atoms with Gasteiger partial charge in [0.2, 0.25) is 0 Å². The highest BCUT2D eigenvalue weighted by molar-refractivity contribution is 7.80. The second kappa shape index (κ2) is 8.44. The van der Waals surface area contributed by atoms with E-state index < -0.39 is 0 Å². The van der Waals surface area contributed by atoms with Gasteiger partial charge in [-0.15, -0.1) is 0 Å². The maximum atomic E-state index is 5.94. The van der Waals surface area contributed by atoms with Crippen molar-refractivity contribution >= 4 is 17.3 Å². The lowest BCUT2D eigenvalue weighted by atomic mass is 9.95. The summed E-state index contributed by atoms with van der Waals surface area (Å²) in [4.78, 5) is 6.99. The van der Waals surface area contributed by atoms with Crippen LogP contribution < -0.4 is 5.32 Å². The van der Waals surface area contributed by atoms with Crippen LogP contribution in [0.25, 0.3) is 0 Å². The van der Waals surface area contributed by atoms with Gasteiger partial charge in [-0.3, -0.25) is 4.98 Å². The van der Waals surface area contributed by atoms with E-state index in [1.807, 2.05) is 12.3 Å². The number of hydrogen-bond acceptors (Lipinski definition) is 3. The van der Waals surface area contributed by atoms with Gasteiger partial charge in [-0.1, -0.05) is 25.3 Å². The van der Waals surface area contributed by atoms with Crippen LogP contribution in [0.4, 0.5) is 0 Å². The number of thiocarbonyl (C=S) groups is 1. The molecule has 5 rings (SSSR count). The van der Waals surface area contributed by atoms with Crippen LogP contribution in [0.15, 0.2) is 42.9 Å². The molecule has 4 heterocycles. The third kappa shape index (κ3) is 3.92. The molecule has 2 aromatic rings. The minimum Gasteiger partial charge on any atom is -0.376 e. The molecule has 6 heteroatoms. The van der Waals surface area contributed by atoms with E-state index in [0.717, 1.165) is 36.8 Å². The van der Waals surface area contributed by atoms with Crippen LogP contribution in [0.3, 0.4) is 0 Å². The molecule has 2 saturated heterocycles. The second-order valence-corrected chi connectivity index (χ2v) is 8.98. The molecule has 3 atom stereocenters. The summed E-state index contributed by atoms with van der Waals surface area (Å²) in [5, 5.41) is 4.37. The van der Waals surface area contributed by atoms with Gasteiger partial charge in [0.15, 0.2) is 5.11 Å². The molecule has 0 radical (unpaired) electrons. The molecule has 2 aliphatic heterocycles. The van der Waals surface area contributed by atoms with Crippen LogP contribution in [-0.2, 0) is 4.74 Å². The molecule has 0 spiro atoms. The zero-order chi connectivity index (χ0) is 19.6. The van der Waals surface area contributed by atoms with E-state index >= 15 is 0 Å². The first kappa shape index (κ1) is 19.1. The summed E-state index contributed by atoms with van der Waals surface area (Å²) in [6.45, 7) is 1.71. The standard InChI is InChI=1S/C23H30N4OS/c29-23-25-21(20-10-4-5-12-24-20)22(27(23)16-19-9-6-14-28-19)17-11-13-26(15-17)18-7-2-1-3-8-18/h4-5,10-13,15,18-19,21-22H,1-3,6-9,14,16H2,(H,25,29)/t19-,21-,22-/m0/s1. The number of nitrogens with zero attached hydrogens (tertiary/aromatic N) is 3. The first-order valence-electron chi connectivity index (χ1n) is 11.1. The minimum absolute atomic E-state index is 0.0623. The van der Waals surface area contributed by atoms with Gasteiger partial charge in [0, 0.05) is 37.8 Å². The molecular formula is C23H30N4OS. The molecule has 1 N–H and O–H groups in total. The van der Waals surface area contributed by atoms with Crippen molar-refractivity contribution in [1.29, 1.82) is 0 Å². The fourth-order valence-corrected chi connectivity index (χ4v) is 5.50. The first-order chi connectivity index (χ1) is 14.3. The summed E-state index contributed by atoms with van der Waals surface area (Å²) in [5.74, 6) is 0. The maximum Gasteiger partial charge on any atom is 0.170 e. The number of ether oxygens (including phenoxy) is 1. The smallest absolute Gasteiger partial charge is 0.170 e. The predicted molar refractivity (Wildman–Crippen MR) is 118 cm³/mol. The van der Waals surface area contributed by atoms with Gasteiger partial charge in [-0.25, -0.2) is 0 Å². The van der Waals surface area contributed by atoms with Crippen molar-refractivity contribution in [3.8, 4) is 0 Å². The van der Waals surface area contributed by atoms with E-state index in [1.54, 1.807) is 0 Å². The second-order valence-electron chi connectivity index (χ2n) is 8.60. The van der Waals surface area contributed by atoms with E-state index in [1.165, 1.54) is 37.7 Å². The molecule has 5 nitrogen and oxygen atoms in total. The topological polar surface area (TPSA) is 42.3 Å². The molecule has 1 aliphatic carbocycles. The Morgan fingerprint density at radius 1 is 1.10 bits per heavy atom. The van der Waals surface area contributed by atoms with Gasteiger partial charge in [-0.05, 0) is 61.7 Å². The Hall–Kier alpha value is -1.92. The fraction of sp³-hybridized carbons (Fsp3) is 0.565. The van der Waals surface area contributed by atoms with Crippen molar-refractivity contribution in [2.24, 2.45) is 0 Å². The average molecular weight is 411 g/mol. The number of pyridine rings is 1. The molecule has 154 valence electrons. The van der Waals surface area contributed by atoms with Gasteiger partial charge in [0.1, 0.15) is 0 Å². The van der Waals surface area contributed by atoms with Gasteiger partial charge < -0.3 is 19.5 Å². The quantitative estimate of drug-likeness (QED) is 0.733. The number of hydrogen-bond donors (Lipinski definition) is 1. The third-order valence-electron chi connectivity index (χ3n) is 6.70. The Morgan fingerprint density at radius 3 is 2.76 bits per heavy atom. The minimum atomic E-state index is 0.0623. The SMILES string of the molecule is S=C1N[C@@H](c2ccccn2)[C@H](c2ccn(C3CCCCC3)c2)N1C[C@@H]1CCCO1. The summed E-state index contributed by atoms with van der Waals surface area (Å²) in [6, 6.07) is 9.25. The maximum absolute atomic E-state index is 5.94. The Kier molecular flexibility index (Phi) is 5.55. The van der Waals surface area contributed by atoms with Crippen LogP contribution in [-0.4, -0.2) is 38.8 Å². The Bertz CT molecular complexity index is 826. The van der Waals surface area contributed by atoms with Crippen molar-refractivity contribution in [2.45, 2.75) is 69.2 Å². The zero-order valence-corrected chi connectivity index (χ0v) is 17.7. The first-order valence-corrected chi connectivity index (χ1v) is 11.5. The predicted octanol–water partition coefficient (Wildman–Crippen LogP) is 4.54. The lowest BCUT2D eigenvalue weighted by molar-refractivity contribution is 0.0842. The van der Waals surface area contributed by atoms with Crippen molar-refractivity contribution in [3.05, 3.63) is 54.1 Å². The van der Waals surface area contributed by atoms with Crippen molar-refractivity contribution < 1.29 is 4.74 Å². The van der Waals surface area contributed by atoms with Crippen LogP contribution in [0.1, 0.15) is 74.3 Å². The summed E-state index contributed by atoms with van der Waals surface area (Å²) in [7, 11) is 0. The van der Waals surface area contributed by atoms with E-state index in [-0.39, 0.29) is 18.2 Å². The normalized spacial score (nSPS) is 28.1. The van der Waals surface area contributed by atoms with Crippen molar-refractivity contribution in [2.75, 3.05) is 13.2 Å². The number of aromatic nitrogens is 2. The van der Waals surface area contributed by atoms with Gasteiger partial charge in [0.25, 0.3) is 0 Å². The highest BCUT2D eigenvalue weighted by Crippen LogP contribution is 2.40. The lowest BCUT2D eigenvalue weighted by Crippen LogP contribution is -2.36. The third-order valence-corrected chi connectivity index (χ3v) is 7.05. The Morgan fingerprint density at radius 2 is 2.00 bits per heavy atom. The molecule has 3 aliphatic rings. The molecule has 0 amide bonds. The molecule has 0 aromatic carbocycles. The Balaban J connectivity index is 1.45. The van der Waals surface area contributed by atoms with Crippen LogP contribution in [0.2, 0.25) is 0 Å². The van der Waals surface area contributed by atoms with Gasteiger partial charge >= 0.3 is 0 Å². The van der Waals surface area contributed by atoms with Crippen molar-refractivity contribution in [1.82, 2.24) is 19.8 Å². The van der Waals surface area contributed by atoms with Gasteiger partial charge in [0.05, 0.1) is 23.9 Å². The monoisotopic (exact) mass is 410 g/mol. The summed E-state index contributed by atoms with van der Waals surface area (Å²) < 4.78 is 8.38. The molecule has 3 fully saturated rings. The molecule has 29 heavy (non-hydrogen) atoms. The Labute approximate surface area is 178 Å². The highest BCUT2D eigenvalue weighted by Gasteiger charge is 2.41. The van der Waals surface area contributed by atoms with E-state index in [4.69, 9.17) is 17.0 Å². The number of nitrogens with one attached hydrogen (secondary N) is 1. The van der Waals surface area contributed by atoms with E-state index in [2.05, 4.69) is 50.4 Å².